The molecule has 0 aromatic rings. The third-order valence-corrected chi connectivity index (χ3v) is 0. The van der Waals surface area contributed by atoms with E-state index in [1.54, 1.807) is 0 Å². The maximum atomic E-state index is 8.74. The molecule has 0 unspecified atom stereocenters. The third kappa shape index (κ3) is 4250. The molecule has 81 valence electrons. The Kier molecular flexibility index (Phi) is 52.9. The molecule has 9 nitrogen and oxygen atoms in total. The molecular weight excluding hydrogens is 323 g/mol. The zero-order valence-corrected chi connectivity index (χ0v) is 9.39. The first-order chi connectivity index (χ1) is 3.73. The molecule has 0 rings (SSSR count). The molecule has 0 aliphatic carbocycles. The SMILES string of the molecule is O.O=S(=O)(O)O.O=[N+]([O-])[O-].[Al+3].[Cu+2].[Ni+2]. The van der Waals surface area contributed by atoms with Gasteiger partial charge in [0.2, 0.25) is 0 Å². The van der Waals surface area contributed by atoms with E-state index in [0.717, 1.165) is 0 Å². The number of rotatable bonds is 0. The summed E-state index contributed by atoms with van der Waals surface area (Å²) in [5, 5.41) is 14.8. The van der Waals surface area contributed by atoms with Crippen LogP contribution in [-0.2, 0) is 44.0 Å². The minimum atomic E-state index is -4.67. The van der Waals surface area contributed by atoms with Crippen LogP contribution in [0.5, 0.6) is 0 Å². The van der Waals surface area contributed by atoms with Crippen LogP contribution in [0.3, 0.4) is 0 Å². The van der Waals surface area contributed by atoms with Crippen molar-refractivity contribution in [2.45, 2.75) is 0 Å². The van der Waals surface area contributed by atoms with Gasteiger partial charge in [-0.2, -0.15) is 8.42 Å². The van der Waals surface area contributed by atoms with Gasteiger partial charge in [0.1, 0.15) is 0 Å². The summed E-state index contributed by atoms with van der Waals surface area (Å²) in [6, 6.07) is 0. The summed E-state index contributed by atoms with van der Waals surface area (Å²) in [7, 11) is -4.67. The Labute approximate surface area is 104 Å². The zero-order chi connectivity index (χ0) is 8.08. The molecule has 0 aliphatic heterocycles. The molecule has 1 radical (unpaired) electrons. The summed E-state index contributed by atoms with van der Waals surface area (Å²) in [6.07, 6.45) is 0. The van der Waals surface area contributed by atoms with Crippen LogP contribution in [0.1, 0.15) is 0 Å². The fourth-order valence-corrected chi connectivity index (χ4v) is 0. The van der Waals surface area contributed by atoms with Gasteiger partial charge in [-0.05, 0) is 0 Å². The van der Waals surface area contributed by atoms with E-state index in [1.165, 1.54) is 0 Å². The van der Waals surface area contributed by atoms with E-state index in [0.29, 0.717) is 0 Å². The second-order valence-corrected chi connectivity index (χ2v) is 1.57. The van der Waals surface area contributed by atoms with E-state index in [-0.39, 0.29) is 56.4 Å². The van der Waals surface area contributed by atoms with Gasteiger partial charge >= 0.3 is 61.3 Å². The van der Waals surface area contributed by atoms with Crippen LogP contribution in [0.15, 0.2) is 0 Å². The molecule has 0 atom stereocenters. The first kappa shape index (κ1) is 37.4. The van der Waals surface area contributed by atoms with Gasteiger partial charge < -0.3 is 20.8 Å². The standard InChI is InChI=1S/Al.Cu.NO3.Ni.H2O4S.H2O/c;;2-1(3)4;;1-5(2,3)4;/h;;;;(H2,1,2,3,4);1H2/q+3;+2;-1;+2;;. The quantitative estimate of drug-likeness (QED) is 0.222. The minimum Gasteiger partial charge on any atom is -0.412 e. The van der Waals surface area contributed by atoms with Crippen LogP contribution in [0.4, 0.5) is 0 Å². The summed E-state index contributed by atoms with van der Waals surface area (Å²) in [5.74, 6) is 0. The Balaban J connectivity index is -0.0000000146. The molecule has 0 saturated carbocycles. The average Bonchev–Trinajstić information content (AvgIpc) is 1.19. The molecule has 0 aliphatic rings. The van der Waals surface area contributed by atoms with E-state index < -0.39 is 15.5 Å². The molecule has 0 bridgehead atoms. The number of hydrogen-bond donors (Lipinski definition) is 2. The molecule has 0 aromatic heterocycles. The fourth-order valence-electron chi connectivity index (χ4n) is 0. The Morgan fingerprint density at radius 3 is 1.15 bits per heavy atom. The maximum Gasteiger partial charge on any atom is 3.00 e. The summed E-state index contributed by atoms with van der Waals surface area (Å²) in [4.78, 5) is 8.25. The van der Waals surface area contributed by atoms with Gasteiger partial charge in [0.25, 0.3) is 0 Å². The van der Waals surface area contributed by atoms with Crippen molar-refractivity contribution in [3.05, 3.63) is 15.3 Å². The Morgan fingerprint density at radius 2 is 1.15 bits per heavy atom. The van der Waals surface area contributed by atoms with Crippen molar-refractivity contribution in [1.82, 2.24) is 0 Å². The number of nitrogens with zero attached hydrogens (tertiary/aromatic N) is 1. The largest absolute Gasteiger partial charge is 3.00 e. The first-order valence-corrected chi connectivity index (χ1v) is 2.64. The second-order valence-electron chi connectivity index (χ2n) is 0.671. The Bertz CT molecular complexity index is 167. The van der Waals surface area contributed by atoms with Crippen LogP contribution in [0, 0.1) is 15.3 Å². The van der Waals surface area contributed by atoms with Crippen molar-refractivity contribution in [2.75, 3.05) is 0 Å². The predicted octanol–water partition coefficient (Wildman–Crippen LogP) is -2.10. The molecule has 4 N–H and O–H groups in total. The van der Waals surface area contributed by atoms with Crippen LogP contribution in [-0.4, -0.2) is 45.4 Å². The first-order valence-electron chi connectivity index (χ1n) is 1.25. The third-order valence-electron chi connectivity index (χ3n) is 0. The van der Waals surface area contributed by atoms with Crippen LogP contribution in [0.2, 0.25) is 0 Å². The van der Waals surface area contributed by atoms with E-state index in [9.17, 15) is 0 Å². The van der Waals surface area contributed by atoms with Crippen molar-refractivity contribution in [3.8, 4) is 0 Å². The molecule has 0 spiro atoms. The number of hydrogen-bond acceptors (Lipinski definition) is 5. The van der Waals surface area contributed by atoms with E-state index in [2.05, 4.69) is 0 Å². The summed E-state index contributed by atoms with van der Waals surface area (Å²) >= 11 is 0. The fraction of sp³-hybridized carbons (Fsp3) is 0. The van der Waals surface area contributed by atoms with Gasteiger partial charge in [-0.3, -0.25) is 9.11 Å². The van der Waals surface area contributed by atoms with Crippen molar-refractivity contribution >= 4 is 27.8 Å². The topological polar surface area (TPSA) is 172 Å². The van der Waals surface area contributed by atoms with Gasteiger partial charge in [0, 0.05) is 0 Å². The molecule has 0 amide bonds. The predicted molar refractivity (Wildman–Crippen MR) is 33.9 cm³/mol. The van der Waals surface area contributed by atoms with Gasteiger partial charge in [-0.25, -0.2) is 0 Å². The maximum absolute atomic E-state index is 8.74. The summed E-state index contributed by atoms with van der Waals surface area (Å²) < 4.78 is 31.6. The van der Waals surface area contributed by atoms with E-state index in [1.807, 2.05) is 0 Å². The van der Waals surface area contributed by atoms with Gasteiger partial charge in [-0.15, -0.1) is 0 Å². The van der Waals surface area contributed by atoms with Gasteiger partial charge in [0.15, 0.2) is 0 Å². The van der Waals surface area contributed by atoms with Crippen LogP contribution < -0.4 is 0 Å². The molecular formula is H4AlCuNNiO8S+6. The van der Waals surface area contributed by atoms with Crippen molar-refractivity contribution in [2.24, 2.45) is 0 Å². The Hall–Kier alpha value is 0.575. The van der Waals surface area contributed by atoms with Gasteiger partial charge in [-0.1, -0.05) is 0 Å². The smallest absolute Gasteiger partial charge is 0.412 e. The van der Waals surface area contributed by atoms with Crippen LogP contribution >= 0.6 is 0 Å². The molecule has 13 heavy (non-hydrogen) atoms. The zero-order valence-electron chi connectivity index (χ0n) is 5.49. The average molecular weight is 327 g/mol. The van der Waals surface area contributed by atoms with E-state index >= 15 is 0 Å². The normalized spacial score (nSPS) is 6.31. The van der Waals surface area contributed by atoms with Crippen molar-refractivity contribution in [1.29, 1.82) is 0 Å². The summed E-state index contributed by atoms with van der Waals surface area (Å²) in [5.41, 5.74) is 0. The molecule has 0 fully saturated rings. The minimum absolute atomic E-state index is 0. The van der Waals surface area contributed by atoms with E-state index in [4.69, 9.17) is 32.8 Å². The second kappa shape index (κ2) is 18.4. The Morgan fingerprint density at radius 1 is 1.15 bits per heavy atom. The van der Waals surface area contributed by atoms with Gasteiger partial charge in [0.05, 0.1) is 5.09 Å². The summed E-state index contributed by atoms with van der Waals surface area (Å²) in [6.45, 7) is 0. The van der Waals surface area contributed by atoms with Crippen molar-refractivity contribution in [3.63, 3.8) is 0 Å². The molecule has 0 saturated heterocycles. The molecule has 0 heterocycles. The molecule has 0 aromatic carbocycles. The monoisotopic (exact) mass is 326 g/mol. The molecule has 13 heteroatoms. The van der Waals surface area contributed by atoms with Crippen LogP contribution in [0.25, 0.3) is 0 Å². The van der Waals surface area contributed by atoms with Crippen molar-refractivity contribution < 1.29 is 61.6 Å².